The number of amides is 1. The molecule has 1 amide bonds. The first kappa shape index (κ1) is 22.2. The van der Waals surface area contributed by atoms with Crippen molar-refractivity contribution in [2.45, 2.75) is 26.8 Å². The number of likely N-dealkylation sites (N-methyl/N-ethyl adjacent to an activating group) is 1. The number of para-hydroxylation sites is 1. The Morgan fingerprint density at radius 3 is 2.76 bits per heavy atom. The molecule has 4 rings (SSSR count). The second kappa shape index (κ2) is 8.85. The highest BCUT2D eigenvalue weighted by molar-refractivity contribution is 6.23. The Hall–Kier alpha value is -4.01. The number of carbonyl (C=O) groups is 1. The van der Waals surface area contributed by atoms with Crippen molar-refractivity contribution < 1.29 is 19.4 Å². The summed E-state index contributed by atoms with van der Waals surface area (Å²) in [5.74, 6) is 0.680. The summed E-state index contributed by atoms with van der Waals surface area (Å²) in [4.78, 5) is 27.7. The standard InChI is InChI=1S/C24H26N4O5/c1-4-26-20(30)12-32-19-8-6-5-7-15(19)18-11-33-23-16(21(13(2)25)14(3)29)9-10-17-22(23)28(18)24(31)27-17/h5-10,18,25,29H,4,11-12H2,1-3H3,(H,26,30)(H,27,31)/b21-14+,25-13?. The number of aliphatic hydroxyl groups is 1. The third kappa shape index (κ3) is 3.97. The number of aromatic amines is 1. The molecule has 1 aromatic heterocycles. The maximum Gasteiger partial charge on any atom is 0.327 e. The Kier molecular flexibility index (Phi) is 5.95. The number of hydrogen-bond donors (Lipinski definition) is 4. The fourth-order valence-electron chi connectivity index (χ4n) is 4.24. The molecule has 2 aromatic carbocycles. The van der Waals surface area contributed by atoms with Crippen molar-refractivity contribution in [3.8, 4) is 11.5 Å². The molecule has 1 aliphatic heterocycles. The van der Waals surface area contributed by atoms with Gasteiger partial charge >= 0.3 is 5.69 Å². The molecule has 1 aliphatic rings. The smallest absolute Gasteiger partial charge is 0.327 e. The first-order valence-corrected chi connectivity index (χ1v) is 10.7. The van der Waals surface area contributed by atoms with Gasteiger partial charge in [-0.2, -0.15) is 0 Å². The maximum atomic E-state index is 13.0. The zero-order chi connectivity index (χ0) is 23.7. The van der Waals surface area contributed by atoms with Crippen LogP contribution in [0.2, 0.25) is 0 Å². The van der Waals surface area contributed by atoms with E-state index in [2.05, 4.69) is 10.3 Å². The summed E-state index contributed by atoms with van der Waals surface area (Å²) in [5, 5.41) is 21.0. The second-order valence-corrected chi connectivity index (χ2v) is 7.83. The number of aliphatic hydroxyl groups excluding tert-OH is 1. The minimum Gasteiger partial charge on any atom is -0.512 e. The Balaban J connectivity index is 1.83. The summed E-state index contributed by atoms with van der Waals surface area (Å²) >= 11 is 0. The van der Waals surface area contributed by atoms with E-state index in [9.17, 15) is 14.7 Å². The second-order valence-electron chi connectivity index (χ2n) is 7.83. The number of nitrogens with one attached hydrogen (secondary N) is 3. The van der Waals surface area contributed by atoms with Crippen LogP contribution in [0.5, 0.6) is 11.5 Å². The molecule has 3 aromatic rings. The van der Waals surface area contributed by atoms with Crippen LogP contribution in [0.1, 0.15) is 37.9 Å². The number of aromatic nitrogens is 2. The lowest BCUT2D eigenvalue weighted by Gasteiger charge is -2.28. The van der Waals surface area contributed by atoms with Crippen molar-refractivity contribution in [2.24, 2.45) is 0 Å². The third-order valence-electron chi connectivity index (χ3n) is 5.55. The topological polar surface area (TPSA) is 129 Å². The van der Waals surface area contributed by atoms with Gasteiger partial charge in [0.15, 0.2) is 12.4 Å². The van der Waals surface area contributed by atoms with E-state index in [0.29, 0.717) is 45.8 Å². The number of H-pyrrole nitrogens is 1. The van der Waals surface area contributed by atoms with Crippen LogP contribution >= 0.6 is 0 Å². The van der Waals surface area contributed by atoms with Gasteiger partial charge in [-0.15, -0.1) is 0 Å². The van der Waals surface area contributed by atoms with Crippen LogP contribution in [0, 0.1) is 5.41 Å². The van der Waals surface area contributed by atoms with E-state index in [0.717, 1.165) is 0 Å². The van der Waals surface area contributed by atoms with Crippen molar-refractivity contribution >= 4 is 28.2 Å². The SMILES string of the molecule is CCNC(=O)COc1ccccc1C1COc2c(/C(C(C)=N)=C(\C)O)ccc3[nH]c(=O)n1c23. The van der Waals surface area contributed by atoms with Gasteiger partial charge in [0.05, 0.1) is 11.3 Å². The number of benzene rings is 2. The molecule has 0 spiro atoms. The molecule has 0 saturated carbocycles. The Morgan fingerprint density at radius 2 is 2.06 bits per heavy atom. The molecule has 0 radical (unpaired) electrons. The number of ether oxygens (including phenoxy) is 2. The fourth-order valence-corrected chi connectivity index (χ4v) is 4.24. The number of carbonyl (C=O) groups excluding carboxylic acids is 1. The van der Waals surface area contributed by atoms with Gasteiger partial charge in [-0.25, -0.2) is 4.79 Å². The Bertz CT molecular complexity index is 1330. The van der Waals surface area contributed by atoms with E-state index in [1.54, 1.807) is 35.8 Å². The summed E-state index contributed by atoms with van der Waals surface area (Å²) in [6.07, 6.45) is 0. The molecule has 172 valence electrons. The van der Waals surface area contributed by atoms with Gasteiger partial charge in [0.2, 0.25) is 0 Å². The largest absolute Gasteiger partial charge is 0.512 e. The zero-order valence-electron chi connectivity index (χ0n) is 18.7. The van der Waals surface area contributed by atoms with Crippen molar-refractivity contribution in [3.63, 3.8) is 0 Å². The molecule has 0 aliphatic carbocycles. The molecule has 0 bridgehead atoms. The molecule has 9 heteroatoms. The van der Waals surface area contributed by atoms with Crippen molar-refractivity contribution in [3.05, 3.63) is 63.8 Å². The van der Waals surface area contributed by atoms with Crippen LogP contribution < -0.4 is 20.5 Å². The first-order valence-electron chi connectivity index (χ1n) is 10.7. The quantitative estimate of drug-likeness (QED) is 0.325. The molecule has 2 heterocycles. The molecule has 1 unspecified atom stereocenters. The highest BCUT2D eigenvalue weighted by Crippen LogP contribution is 2.41. The van der Waals surface area contributed by atoms with Crippen LogP contribution in [-0.2, 0) is 4.79 Å². The first-order chi connectivity index (χ1) is 15.8. The summed E-state index contributed by atoms with van der Waals surface area (Å²) in [6.45, 7) is 5.44. The predicted octanol–water partition coefficient (Wildman–Crippen LogP) is 3.15. The maximum absolute atomic E-state index is 13.0. The highest BCUT2D eigenvalue weighted by atomic mass is 16.5. The van der Waals surface area contributed by atoms with Gasteiger partial charge in [0.1, 0.15) is 23.9 Å². The van der Waals surface area contributed by atoms with Crippen LogP contribution in [0.15, 0.2) is 47.0 Å². The summed E-state index contributed by atoms with van der Waals surface area (Å²) in [7, 11) is 0. The summed E-state index contributed by atoms with van der Waals surface area (Å²) < 4.78 is 13.5. The lowest BCUT2D eigenvalue weighted by Crippen LogP contribution is -2.32. The third-order valence-corrected chi connectivity index (χ3v) is 5.55. The molecule has 0 fully saturated rings. The zero-order valence-corrected chi connectivity index (χ0v) is 18.7. The molecule has 9 nitrogen and oxygen atoms in total. The van der Waals surface area contributed by atoms with Gasteiger partial charge < -0.3 is 30.3 Å². The molecule has 33 heavy (non-hydrogen) atoms. The van der Waals surface area contributed by atoms with E-state index in [1.807, 2.05) is 19.1 Å². The average Bonchev–Trinajstić information content (AvgIpc) is 3.11. The lowest BCUT2D eigenvalue weighted by molar-refractivity contribution is -0.123. The van der Waals surface area contributed by atoms with Crippen molar-refractivity contribution in [1.82, 2.24) is 14.9 Å². The van der Waals surface area contributed by atoms with Gasteiger partial charge in [-0.3, -0.25) is 9.36 Å². The predicted molar refractivity (Wildman–Crippen MR) is 125 cm³/mol. The van der Waals surface area contributed by atoms with E-state index in [-0.39, 0.29) is 36.3 Å². The van der Waals surface area contributed by atoms with Crippen LogP contribution in [0.25, 0.3) is 16.6 Å². The molecule has 1 atom stereocenters. The monoisotopic (exact) mass is 450 g/mol. The number of nitrogens with zero attached hydrogens (tertiary/aromatic N) is 1. The Morgan fingerprint density at radius 1 is 1.30 bits per heavy atom. The van der Waals surface area contributed by atoms with Gasteiger partial charge in [-0.05, 0) is 39.0 Å². The van der Waals surface area contributed by atoms with Crippen LogP contribution in [0.4, 0.5) is 0 Å². The minimum absolute atomic E-state index is 0.00245. The Labute approximate surface area is 190 Å². The number of rotatable bonds is 7. The van der Waals surface area contributed by atoms with Gasteiger partial charge in [-0.1, -0.05) is 18.2 Å². The van der Waals surface area contributed by atoms with Crippen molar-refractivity contribution in [1.29, 1.82) is 5.41 Å². The van der Waals surface area contributed by atoms with Crippen molar-refractivity contribution in [2.75, 3.05) is 19.8 Å². The van der Waals surface area contributed by atoms with Crippen LogP contribution in [-0.4, -0.2) is 46.0 Å². The summed E-state index contributed by atoms with van der Waals surface area (Å²) in [5.41, 5.74) is 2.61. The highest BCUT2D eigenvalue weighted by Gasteiger charge is 2.31. The van der Waals surface area contributed by atoms with Crippen LogP contribution in [0.3, 0.4) is 0 Å². The number of allylic oxidation sites excluding steroid dienone is 2. The lowest BCUT2D eigenvalue weighted by atomic mass is 9.97. The molecular weight excluding hydrogens is 424 g/mol. The molecular formula is C24H26N4O5. The fraction of sp³-hybridized carbons (Fsp3) is 0.292. The van der Waals surface area contributed by atoms with E-state index in [1.165, 1.54) is 6.92 Å². The van der Waals surface area contributed by atoms with E-state index in [4.69, 9.17) is 14.9 Å². The van der Waals surface area contributed by atoms with E-state index >= 15 is 0 Å². The molecule has 4 N–H and O–H groups in total. The van der Waals surface area contributed by atoms with Gasteiger partial charge in [0, 0.05) is 29.0 Å². The average molecular weight is 450 g/mol. The summed E-state index contributed by atoms with van der Waals surface area (Å²) in [6, 6.07) is 10.2. The minimum atomic E-state index is -0.497. The molecule has 0 saturated heterocycles. The number of hydrogen-bond acceptors (Lipinski definition) is 6. The number of imidazole rings is 1. The van der Waals surface area contributed by atoms with Gasteiger partial charge in [0.25, 0.3) is 5.91 Å². The normalized spacial score (nSPS) is 15.5. The van der Waals surface area contributed by atoms with E-state index < -0.39 is 6.04 Å².